The number of rotatable bonds is 5. The van der Waals surface area contributed by atoms with Gasteiger partial charge in [0, 0.05) is 11.3 Å². The molecule has 0 saturated carbocycles. The average molecular weight is 497 g/mol. The summed E-state index contributed by atoms with van der Waals surface area (Å²) in [6.07, 6.45) is 0. The fourth-order valence-corrected chi connectivity index (χ4v) is 5.54. The molecule has 0 saturated heterocycles. The van der Waals surface area contributed by atoms with Gasteiger partial charge in [-0.1, -0.05) is 41.7 Å². The lowest BCUT2D eigenvalue weighted by molar-refractivity contribution is -0.118. The molecule has 2 amide bonds. The van der Waals surface area contributed by atoms with Crippen molar-refractivity contribution >= 4 is 56.1 Å². The first-order chi connectivity index (χ1) is 17.5. The average Bonchev–Trinajstić information content (AvgIpc) is 3.49. The molecular formula is C27H20N4O4S. The predicted octanol–water partition coefficient (Wildman–Crippen LogP) is 3.21. The molecule has 1 aliphatic rings. The Morgan fingerprint density at radius 3 is 2.56 bits per heavy atom. The van der Waals surface area contributed by atoms with Crippen LogP contribution in [0, 0.1) is 0 Å². The number of ether oxygens (including phenoxy) is 1. The quantitative estimate of drug-likeness (QED) is 0.403. The maximum Gasteiger partial charge on any atom is 0.275 e. The van der Waals surface area contributed by atoms with Gasteiger partial charge in [0.25, 0.3) is 11.5 Å². The molecule has 1 aliphatic heterocycles. The number of para-hydroxylation sites is 3. The van der Waals surface area contributed by atoms with E-state index in [0.29, 0.717) is 49.9 Å². The van der Waals surface area contributed by atoms with Crippen molar-refractivity contribution in [2.45, 2.75) is 6.92 Å². The predicted molar refractivity (Wildman–Crippen MR) is 140 cm³/mol. The second kappa shape index (κ2) is 8.62. The lowest BCUT2D eigenvalue weighted by atomic mass is 10.1. The zero-order valence-corrected chi connectivity index (χ0v) is 20.0. The van der Waals surface area contributed by atoms with E-state index >= 15 is 0 Å². The van der Waals surface area contributed by atoms with Crippen LogP contribution >= 0.6 is 11.3 Å². The highest BCUT2D eigenvalue weighted by molar-refractivity contribution is 7.15. The molecule has 1 N–H and O–H groups in total. The van der Waals surface area contributed by atoms with Gasteiger partial charge in [-0.25, -0.2) is 9.38 Å². The molecular weight excluding hydrogens is 476 g/mol. The van der Waals surface area contributed by atoms with Crippen LogP contribution in [-0.4, -0.2) is 34.4 Å². The molecule has 0 spiro atoms. The summed E-state index contributed by atoms with van der Waals surface area (Å²) in [5.74, 6) is -0.0243. The molecule has 36 heavy (non-hydrogen) atoms. The third-order valence-electron chi connectivity index (χ3n) is 6.02. The van der Waals surface area contributed by atoms with Crippen LogP contribution in [0.3, 0.4) is 0 Å². The lowest BCUT2D eigenvalue weighted by Gasteiger charge is -2.16. The monoisotopic (exact) mass is 496 g/mol. The van der Waals surface area contributed by atoms with Crippen LogP contribution in [0.4, 0.5) is 11.4 Å². The first-order valence-electron chi connectivity index (χ1n) is 11.4. The largest absolute Gasteiger partial charge is 0.494 e. The molecule has 178 valence electrons. The van der Waals surface area contributed by atoms with E-state index in [2.05, 4.69) is 10.3 Å². The number of carbonyl (C=O) groups excluding carboxylic acids is 2. The number of carbonyl (C=O) groups is 2. The molecule has 0 bridgehead atoms. The summed E-state index contributed by atoms with van der Waals surface area (Å²) in [7, 11) is 0. The Bertz CT molecular complexity index is 1770. The summed E-state index contributed by atoms with van der Waals surface area (Å²) in [5.41, 5.74) is 3.25. The zero-order chi connectivity index (χ0) is 24.8. The Morgan fingerprint density at radius 1 is 1.00 bits per heavy atom. The number of imidazole rings is 1. The van der Waals surface area contributed by atoms with Gasteiger partial charge >= 0.3 is 0 Å². The van der Waals surface area contributed by atoms with Crippen molar-refractivity contribution in [1.29, 1.82) is 0 Å². The summed E-state index contributed by atoms with van der Waals surface area (Å²) in [5, 5.41) is 2.82. The third-order valence-corrected chi connectivity index (χ3v) is 7.06. The molecule has 0 aliphatic carbocycles. The van der Waals surface area contributed by atoms with Crippen LogP contribution in [0.15, 0.2) is 77.6 Å². The van der Waals surface area contributed by atoms with E-state index in [1.165, 1.54) is 16.2 Å². The number of aromatic nitrogens is 2. The van der Waals surface area contributed by atoms with Crippen molar-refractivity contribution in [1.82, 2.24) is 9.38 Å². The standard InChI is InChI=1S/C27H20N4O4S/c1-2-35-17-13-11-16(12-14-17)28-22(32)15-30-20-9-5-3-7-18(20)23(25(30)33)24-26(34)31-21-10-6-4-8-19(21)29-27(31)36-24/h3-14H,2,15H2,1H3,(H,28,32)/b24-23-. The smallest absolute Gasteiger partial charge is 0.275 e. The molecule has 0 unspecified atom stereocenters. The Kier molecular flexibility index (Phi) is 5.26. The number of anilines is 2. The highest BCUT2D eigenvalue weighted by atomic mass is 32.1. The topological polar surface area (TPSA) is 93.0 Å². The van der Waals surface area contributed by atoms with Crippen molar-refractivity contribution in [2.24, 2.45) is 0 Å². The number of nitrogens with zero attached hydrogens (tertiary/aromatic N) is 3. The molecule has 0 fully saturated rings. The summed E-state index contributed by atoms with van der Waals surface area (Å²) in [6.45, 7) is 2.27. The SMILES string of the molecule is CCOc1ccc(NC(=O)CN2C(=O)/C(=c3\sc4nc5ccccc5n4c3=O)c3ccccc32)cc1. The highest BCUT2D eigenvalue weighted by Gasteiger charge is 2.35. The van der Waals surface area contributed by atoms with E-state index in [4.69, 9.17) is 4.74 Å². The fraction of sp³-hybridized carbons (Fsp3) is 0.111. The first-order valence-corrected chi connectivity index (χ1v) is 12.2. The number of fused-ring (bicyclic) bond motifs is 4. The number of thiazole rings is 1. The molecule has 2 aromatic heterocycles. The van der Waals surface area contributed by atoms with E-state index in [9.17, 15) is 14.4 Å². The van der Waals surface area contributed by atoms with Crippen LogP contribution in [0.25, 0.3) is 21.6 Å². The Labute approximate surface area is 209 Å². The summed E-state index contributed by atoms with van der Waals surface area (Å²) in [6, 6.07) is 21.6. The summed E-state index contributed by atoms with van der Waals surface area (Å²) < 4.78 is 7.29. The molecule has 5 aromatic rings. The minimum atomic E-state index is -0.385. The van der Waals surface area contributed by atoms with Crippen LogP contribution in [-0.2, 0) is 9.59 Å². The van der Waals surface area contributed by atoms with Crippen LogP contribution in [0.5, 0.6) is 5.75 Å². The number of amides is 2. The van der Waals surface area contributed by atoms with E-state index in [1.54, 1.807) is 46.9 Å². The normalized spacial score (nSPS) is 14.5. The lowest BCUT2D eigenvalue weighted by Crippen LogP contribution is -2.37. The first kappa shape index (κ1) is 22.0. The zero-order valence-electron chi connectivity index (χ0n) is 19.2. The maximum atomic E-state index is 13.6. The van der Waals surface area contributed by atoms with Crippen molar-refractivity contribution in [2.75, 3.05) is 23.4 Å². The Hall–Kier alpha value is -4.50. The summed E-state index contributed by atoms with van der Waals surface area (Å²) in [4.78, 5) is 46.4. The summed E-state index contributed by atoms with van der Waals surface area (Å²) >= 11 is 1.19. The molecule has 3 heterocycles. The number of hydrogen-bond donors (Lipinski definition) is 1. The number of hydrogen-bond acceptors (Lipinski definition) is 6. The molecule has 8 nitrogen and oxygen atoms in total. The second-order valence-electron chi connectivity index (χ2n) is 8.24. The van der Waals surface area contributed by atoms with Crippen molar-refractivity contribution in [3.8, 4) is 5.75 Å². The van der Waals surface area contributed by atoms with Crippen LogP contribution < -0.4 is 25.0 Å². The van der Waals surface area contributed by atoms with E-state index < -0.39 is 0 Å². The number of nitrogens with one attached hydrogen (secondary N) is 1. The van der Waals surface area contributed by atoms with E-state index in [1.807, 2.05) is 37.3 Å². The highest BCUT2D eigenvalue weighted by Crippen LogP contribution is 2.35. The third kappa shape index (κ3) is 3.52. The van der Waals surface area contributed by atoms with Crippen molar-refractivity contribution < 1.29 is 14.3 Å². The van der Waals surface area contributed by atoms with E-state index in [-0.39, 0.29) is 23.9 Å². The molecule has 0 atom stereocenters. The van der Waals surface area contributed by atoms with Gasteiger partial charge in [0.15, 0.2) is 4.96 Å². The van der Waals surface area contributed by atoms with Crippen LogP contribution in [0.1, 0.15) is 12.5 Å². The molecule has 6 rings (SSSR count). The van der Waals surface area contributed by atoms with Gasteiger partial charge in [0.1, 0.15) is 16.8 Å². The van der Waals surface area contributed by atoms with Gasteiger partial charge in [-0.05, 0) is 49.4 Å². The van der Waals surface area contributed by atoms with Crippen molar-refractivity contribution in [3.05, 3.63) is 93.2 Å². The molecule has 0 radical (unpaired) electrons. The van der Waals surface area contributed by atoms with Crippen LogP contribution in [0.2, 0.25) is 0 Å². The maximum absolute atomic E-state index is 13.6. The van der Waals surface area contributed by atoms with Gasteiger partial charge in [-0.15, -0.1) is 0 Å². The molecule has 3 aromatic carbocycles. The van der Waals surface area contributed by atoms with Crippen molar-refractivity contribution in [3.63, 3.8) is 0 Å². The number of benzene rings is 3. The Morgan fingerprint density at radius 2 is 1.75 bits per heavy atom. The minimum Gasteiger partial charge on any atom is -0.494 e. The second-order valence-corrected chi connectivity index (χ2v) is 9.22. The van der Waals surface area contributed by atoms with Gasteiger partial charge in [0.2, 0.25) is 5.91 Å². The van der Waals surface area contributed by atoms with Gasteiger partial charge in [-0.2, -0.15) is 0 Å². The molecule has 9 heteroatoms. The fourth-order valence-electron chi connectivity index (χ4n) is 4.46. The Balaban J connectivity index is 1.37. The van der Waals surface area contributed by atoms with Gasteiger partial charge in [0.05, 0.1) is 28.9 Å². The van der Waals surface area contributed by atoms with Gasteiger partial charge in [-0.3, -0.25) is 19.3 Å². The minimum absolute atomic E-state index is 0.188. The van der Waals surface area contributed by atoms with Gasteiger partial charge < -0.3 is 10.1 Å². The van der Waals surface area contributed by atoms with E-state index in [0.717, 1.165) is 5.52 Å².